The van der Waals surface area contributed by atoms with Gasteiger partial charge in [0.15, 0.2) is 66.5 Å². The van der Waals surface area contributed by atoms with Crippen molar-refractivity contribution in [2.75, 3.05) is 24.9 Å². The summed E-state index contributed by atoms with van der Waals surface area (Å²) in [6, 6.07) is 0. The van der Waals surface area contributed by atoms with Crippen LogP contribution in [0.1, 0.15) is 7.43 Å². The minimum atomic E-state index is -3.64. The molecule has 504 valence electrons. The van der Waals surface area contributed by atoms with Gasteiger partial charge in [-0.3, -0.25) is 0 Å². The molecule has 0 aliphatic rings. The molecule has 0 saturated heterocycles. The average molecular weight is 1530 g/mol. The molecule has 0 N–H and O–H groups in total. The van der Waals surface area contributed by atoms with Gasteiger partial charge in [-0.25, -0.2) is 0 Å². The zero-order chi connectivity index (χ0) is 65.9. The van der Waals surface area contributed by atoms with Crippen molar-refractivity contribution < 1.29 is 75.3 Å². The molecule has 0 aliphatic carbocycles. The predicted octanol–water partition coefficient (Wildman–Crippen LogP) is 14.2. The van der Waals surface area contributed by atoms with E-state index in [1.54, 1.807) is 0 Å². The maximum absolute atomic E-state index is 7.07. The zero-order valence-corrected chi connectivity index (χ0v) is 81.1. The highest BCUT2D eigenvalue weighted by Crippen LogP contribution is 2.36. The van der Waals surface area contributed by atoms with Gasteiger partial charge in [0.05, 0.1) is 35.2 Å². The molecular formula is C45H136O18Si20. The molecule has 0 spiro atoms. The Bertz CT molecular complexity index is 1780. The van der Waals surface area contributed by atoms with Crippen molar-refractivity contribution >= 4 is 172 Å². The molecule has 0 amide bonds. The van der Waals surface area contributed by atoms with Crippen LogP contribution in [0.3, 0.4) is 0 Å². The fourth-order valence-electron chi connectivity index (χ4n) is 8.31. The normalized spacial score (nSPS) is 18.7. The van der Waals surface area contributed by atoms with E-state index >= 15 is 0 Å². The van der Waals surface area contributed by atoms with E-state index in [1.807, 2.05) is 52.4 Å². The lowest BCUT2D eigenvalue weighted by molar-refractivity contribution is 0.0941. The molecule has 0 radical (unpaired) electrons. The molecular weight excluding hydrogens is 1390 g/mol. The smallest absolute Gasteiger partial charge is 0.417 e. The molecule has 0 aromatic heterocycles. The maximum Gasteiger partial charge on any atom is 0.482 e. The van der Waals surface area contributed by atoms with Crippen LogP contribution in [-0.4, -0.2) is 197 Å². The van der Waals surface area contributed by atoms with Crippen molar-refractivity contribution in [2.24, 2.45) is 0 Å². The fourth-order valence-corrected chi connectivity index (χ4v) is 80.8. The minimum Gasteiger partial charge on any atom is -0.417 e. The molecule has 5 unspecified atom stereocenters. The van der Waals surface area contributed by atoms with Gasteiger partial charge in [0.25, 0.3) is 0 Å². The Morgan fingerprint density at radius 2 is 0.265 bits per heavy atom. The number of hydrogen-bond acceptors (Lipinski definition) is 18. The van der Waals surface area contributed by atoms with Crippen LogP contribution in [0.2, 0.25) is 262 Å². The van der Waals surface area contributed by atoms with Gasteiger partial charge in [-0.15, -0.1) is 0 Å². The minimum absolute atomic E-state index is 0. The molecule has 0 aromatic carbocycles. The second kappa shape index (κ2) is 34.3. The third-order valence-corrected chi connectivity index (χ3v) is 65.6. The highest BCUT2D eigenvalue weighted by molar-refractivity contribution is 6.94. The summed E-state index contributed by atoms with van der Waals surface area (Å²) >= 11 is 0. The molecule has 0 heterocycles. The third kappa shape index (κ3) is 48.1. The summed E-state index contributed by atoms with van der Waals surface area (Å²) < 4.78 is 122. The second-order valence-corrected chi connectivity index (χ2v) is 105. The Kier molecular flexibility index (Phi) is 37.6. The van der Waals surface area contributed by atoms with Crippen LogP contribution in [0.15, 0.2) is 0 Å². The third-order valence-electron chi connectivity index (χ3n) is 8.87. The summed E-state index contributed by atoms with van der Waals surface area (Å²) in [5, 5.41) is 0. The number of hydrogen-bond donors (Lipinski definition) is 0. The molecule has 0 aliphatic heterocycles. The molecule has 18 nitrogen and oxygen atoms in total. The van der Waals surface area contributed by atoms with E-state index in [4.69, 9.17) is 75.3 Å². The Hall–Kier alpha value is 3.62. The highest BCUT2D eigenvalue weighted by Gasteiger charge is 2.62. The van der Waals surface area contributed by atoms with Crippen LogP contribution in [0.25, 0.3) is 0 Å². The summed E-state index contributed by atoms with van der Waals surface area (Å²) in [7, 11) is -47.4. The topological polar surface area (TPSA) is 166 Å². The first-order chi connectivity index (χ1) is 35.6. The highest BCUT2D eigenvalue weighted by atomic mass is 28.6. The van der Waals surface area contributed by atoms with E-state index in [-0.39, 0.29) is 7.43 Å². The SMILES string of the molecule is C.C[SiH](C)CO[Si](C)(O[Si](C)(C)C)O[Si](C)(OC[SiH](C)C)O[Si](C)(O[Si](C)(C)C)O[Si](C)(O[Si](C)(C)C)O[Si](C)(C)C.C[SiH](C)CO[Si](C)(O[Si](C)(C)C)O[Si](C)(O[Si](C)(OC[SiH](C)C)O[Si](C)(C)C)O[Si](C)(O[Si](C)(C)C)O[Si](C)(C)C. The first-order valence-corrected chi connectivity index (χ1v) is 87.5. The zero-order valence-electron chi connectivity index (χ0n) is 60.5. The van der Waals surface area contributed by atoms with E-state index < -0.39 is 172 Å². The fraction of sp³-hybridized carbons (Fsp3) is 1.00. The second-order valence-electron chi connectivity index (χ2n) is 32.0. The van der Waals surface area contributed by atoms with E-state index in [1.165, 1.54) is 0 Å². The van der Waals surface area contributed by atoms with Crippen LogP contribution < -0.4 is 0 Å². The van der Waals surface area contributed by atoms with Gasteiger partial charge in [0.1, 0.15) is 0 Å². The molecule has 0 bridgehead atoms. The lowest BCUT2D eigenvalue weighted by Crippen LogP contribution is -2.69. The van der Waals surface area contributed by atoms with Crippen LogP contribution in [0.5, 0.6) is 0 Å². The van der Waals surface area contributed by atoms with Crippen LogP contribution in [0.4, 0.5) is 0 Å². The lowest BCUT2D eigenvalue weighted by Gasteiger charge is -2.46. The summed E-state index contributed by atoms with van der Waals surface area (Å²) in [6.45, 7) is 85.6. The van der Waals surface area contributed by atoms with Crippen molar-refractivity contribution in [3.05, 3.63) is 0 Å². The Balaban J connectivity index is -0.00000152. The van der Waals surface area contributed by atoms with Gasteiger partial charge in [-0.1, -0.05) is 59.8 Å². The monoisotopic (exact) mass is 1520 g/mol. The van der Waals surface area contributed by atoms with Crippen molar-refractivity contribution in [1.82, 2.24) is 0 Å². The maximum atomic E-state index is 7.07. The van der Waals surface area contributed by atoms with E-state index in [0.29, 0.717) is 24.9 Å². The van der Waals surface area contributed by atoms with Gasteiger partial charge in [0.2, 0.25) is 0 Å². The van der Waals surface area contributed by atoms with E-state index in [9.17, 15) is 0 Å². The van der Waals surface area contributed by atoms with Crippen molar-refractivity contribution in [3.63, 3.8) is 0 Å². The van der Waals surface area contributed by atoms with Crippen molar-refractivity contribution in [2.45, 2.75) is 269 Å². The van der Waals surface area contributed by atoms with Crippen molar-refractivity contribution in [1.29, 1.82) is 0 Å². The first kappa shape index (κ1) is 90.8. The van der Waals surface area contributed by atoms with Crippen LogP contribution in [0, 0.1) is 0 Å². The van der Waals surface area contributed by atoms with Gasteiger partial charge < -0.3 is 75.3 Å². The van der Waals surface area contributed by atoms with Crippen molar-refractivity contribution in [3.8, 4) is 0 Å². The van der Waals surface area contributed by atoms with Crippen LogP contribution in [-0.2, 0) is 75.3 Å². The largest absolute Gasteiger partial charge is 0.482 e. The Morgan fingerprint density at radius 3 is 0.410 bits per heavy atom. The quantitative estimate of drug-likeness (QED) is 0.0531. The summed E-state index contributed by atoms with van der Waals surface area (Å²) in [5.41, 5.74) is 0. The van der Waals surface area contributed by atoms with Gasteiger partial charge >= 0.3 is 70.4 Å². The molecule has 0 fully saturated rings. The summed E-state index contributed by atoms with van der Waals surface area (Å²) in [4.78, 5) is 0. The van der Waals surface area contributed by atoms with Gasteiger partial charge in [0, 0.05) is 77.3 Å². The number of rotatable bonds is 40. The lowest BCUT2D eigenvalue weighted by atomic mass is 11.7. The molecule has 38 heteroatoms. The molecule has 0 rings (SSSR count). The Labute approximate surface area is 537 Å². The molecule has 83 heavy (non-hydrogen) atoms. The summed E-state index contributed by atoms with van der Waals surface area (Å²) in [5.74, 6) is 0. The molecule has 5 atom stereocenters. The van der Waals surface area contributed by atoms with E-state index in [0.717, 1.165) is 0 Å². The van der Waals surface area contributed by atoms with Gasteiger partial charge in [-0.2, -0.15) is 0 Å². The molecule has 0 saturated carbocycles. The van der Waals surface area contributed by atoms with E-state index in [2.05, 4.69) is 210 Å². The standard InChI is InChI=1S/2C22H66O9Si10.CH4/c1-32(2)21-23-38(17,25-34(5,6)7)29-39(18,24-22-33(3)4)30-41(20,28-37(14,15)16)31-40(19,26-35(8,9)10)27-36(11,12)13;1-32(2)21-23-38(17,25-34(5,6)7)29-41(20,30-39(18,24-22-33(3)4)26-35(8,9)10)31-40(19,27-36(11,12)13)28-37(14,15)16;/h2*32-33H,21-22H2,1-20H3;1H4. The summed E-state index contributed by atoms with van der Waals surface area (Å²) in [6.07, 6.45) is 2.59. The van der Waals surface area contributed by atoms with Crippen LogP contribution >= 0.6 is 0 Å². The first-order valence-electron chi connectivity index (χ1n) is 29.9. The Morgan fingerprint density at radius 1 is 0.169 bits per heavy atom. The van der Waals surface area contributed by atoms with Gasteiger partial charge in [-0.05, 0) is 157 Å². The predicted molar refractivity (Wildman–Crippen MR) is 401 cm³/mol. The average Bonchev–Trinajstić information content (AvgIpc) is 3.07. The molecule has 0 aromatic rings.